The van der Waals surface area contributed by atoms with Gasteiger partial charge in [0.25, 0.3) is 5.91 Å². The predicted octanol–water partition coefficient (Wildman–Crippen LogP) is 2.19. The summed E-state index contributed by atoms with van der Waals surface area (Å²) < 4.78 is 27.9. The molecule has 0 aromatic heterocycles. The van der Waals surface area contributed by atoms with Crippen LogP contribution in [-0.4, -0.2) is 61.1 Å². The number of imide groups is 1. The molecule has 0 spiro atoms. The lowest BCUT2D eigenvalue weighted by Crippen LogP contribution is -2.48. The Morgan fingerprint density at radius 3 is 2.36 bits per heavy atom. The van der Waals surface area contributed by atoms with Crippen molar-refractivity contribution in [1.82, 2.24) is 9.21 Å². The van der Waals surface area contributed by atoms with Crippen LogP contribution in [0.4, 0.5) is 16.2 Å². The maximum absolute atomic E-state index is 13.2. The van der Waals surface area contributed by atoms with Crippen molar-refractivity contribution in [3.05, 3.63) is 54.1 Å². The van der Waals surface area contributed by atoms with E-state index in [9.17, 15) is 22.8 Å². The molecule has 9 nitrogen and oxygen atoms in total. The summed E-state index contributed by atoms with van der Waals surface area (Å²) in [6.45, 7) is 0.538. The molecule has 172 valence electrons. The van der Waals surface area contributed by atoms with E-state index >= 15 is 0 Å². The number of sulfonamides is 1. The van der Waals surface area contributed by atoms with Gasteiger partial charge in [-0.2, -0.15) is 4.31 Å². The molecule has 0 unspecified atom stereocenters. The average molecular weight is 469 g/mol. The standard InChI is InChI=1S/C23H24N4O5S/c28-21-9-6-16-14-19(7-8-20(16)24-21)33(31,32)25-12-10-17(11-13-25)26-15-22(29)27(23(26)30)18-4-2-1-3-5-18/h1-5,7-8,14,17H,6,9-13,15H2,(H,24,28). The SMILES string of the molecule is O=C1CCc2cc(S(=O)(=O)N3CCC(N4CC(=O)N(c5ccccc5)C4=O)CC3)ccc2N1. The van der Waals surface area contributed by atoms with Crippen molar-refractivity contribution < 1.29 is 22.8 Å². The summed E-state index contributed by atoms with van der Waals surface area (Å²) in [5.41, 5.74) is 2.01. The van der Waals surface area contributed by atoms with E-state index in [1.807, 2.05) is 6.07 Å². The maximum atomic E-state index is 13.2. The molecule has 1 N–H and O–H groups in total. The lowest BCUT2D eigenvalue weighted by Gasteiger charge is -2.35. The minimum absolute atomic E-state index is 0.00167. The molecule has 0 bridgehead atoms. The zero-order valence-electron chi connectivity index (χ0n) is 17.9. The number of hydrogen-bond donors (Lipinski definition) is 1. The first-order valence-corrected chi connectivity index (χ1v) is 12.4. The number of amides is 4. The van der Waals surface area contributed by atoms with Crippen LogP contribution >= 0.6 is 0 Å². The van der Waals surface area contributed by atoms with E-state index in [2.05, 4.69) is 5.32 Å². The average Bonchev–Trinajstić information content (AvgIpc) is 3.13. The molecule has 10 heteroatoms. The second-order valence-corrected chi connectivity index (χ2v) is 10.4. The van der Waals surface area contributed by atoms with Crippen LogP contribution in [-0.2, 0) is 26.0 Å². The number of nitrogens with zero attached hydrogens (tertiary/aromatic N) is 3. The van der Waals surface area contributed by atoms with Crippen molar-refractivity contribution >= 4 is 39.2 Å². The molecule has 3 aliphatic rings. The Kier molecular flexibility index (Phi) is 5.41. The Morgan fingerprint density at radius 2 is 1.64 bits per heavy atom. The van der Waals surface area contributed by atoms with Crippen LogP contribution in [0.2, 0.25) is 0 Å². The number of aryl methyl sites for hydroxylation is 1. The number of carbonyl (C=O) groups is 3. The molecule has 0 radical (unpaired) electrons. The van der Waals surface area contributed by atoms with E-state index in [-0.39, 0.29) is 48.4 Å². The highest BCUT2D eigenvalue weighted by atomic mass is 32.2. The molecular weight excluding hydrogens is 444 g/mol. The summed E-state index contributed by atoms with van der Waals surface area (Å²) in [7, 11) is -3.69. The van der Waals surface area contributed by atoms with Gasteiger partial charge in [0.2, 0.25) is 15.9 Å². The Bertz CT molecular complexity index is 1220. The van der Waals surface area contributed by atoms with Crippen molar-refractivity contribution in [2.24, 2.45) is 0 Å². The van der Waals surface area contributed by atoms with Gasteiger partial charge in [-0.05, 0) is 55.2 Å². The van der Waals surface area contributed by atoms with Gasteiger partial charge in [0.15, 0.2) is 0 Å². The van der Waals surface area contributed by atoms with Gasteiger partial charge < -0.3 is 10.2 Å². The minimum atomic E-state index is -3.69. The number of carbonyl (C=O) groups excluding carboxylic acids is 3. The molecule has 3 aliphatic heterocycles. The fraction of sp³-hybridized carbons (Fsp3) is 0.348. The third-order valence-electron chi connectivity index (χ3n) is 6.48. The number of rotatable bonds is 4. The zero-order chi connectivity index (χ0) is 23.2. The third kappa shape index (κ3) is 3.89. The quantitative estimate of drug-likeness (QED) is 0.693. The number of hydrogen-bond acceptors (Lipinski definition) is 5. The summed E-state index contributed by atoms with van der Waals surface area (Å²) in [6.07, 6.45) is 1.77. The highest BCUT2D eigenvalue weighted by molar-refractivity contribution is 7.89. The van der Waals surface area contributed by atoms with Crippen LogP contribution in [0, 0.1) is 0 Å². The van der Waals surface area contributed by atoms with E-state index in [0.29, 0.717) is 37.1 Å². The van der Waals surface area contributed by atoms with Gasteiger partial charge in [0.05, 0.1) is 10.6 Å². The number of urea groups is 1. The van der Waals surface area contributed by atoms with Crippen molar-refractivity contribution in [2.45, 2.75) is 36.6 Å². The molecule has 2 saturated heterocycles. The molecule has 4 amide bonds. The number of piperidine rings is 1. The zero-order valence-corrected chi connectivity index (χ0v) is 18.8. The van der Waals surface area contributed by atoms with Crippen molar-refractivity contribution in [1.29, 1.82) is 0 Å². The lowest BCUT2D eigenvalue weighted by molar-refractivity contribution is -0.117. The fourth-order valence-electron chi connectivity index (χ4n) is 4.70. The molecule has 33 heavy (non-hydrogen) atoms. The van der Waals surface area contributed by atoms with Crippen LogP contribution in [0.25, 0.3) is 0 Å². The number of fused-ring (bicyclic) bond motifs is 1. The Morgan fingerprint density at radius 1 is 0.909 bits per heavy atom. The second kappa shape index (κ2) is 8.27. The molecule has 0 aliphatic carbocycles. The molecule has 2 aromatic carbocycles. The molecule has 0 atom stereocenters. The molecule has 0 saturated carbocycles. The fourth-order valence-corrected chi connectivity index (χ4v) is 6.22. The summed E-state index contributed by atoms with van der Waals surface area (Å²) in [5, 5.41) is 2.76. The van der Waals surface area contributed by atoms with E-state index < -0.39 is 10.0 Å². The van der Waals surface area contributed by atoms with Crippen molar-refractivity contribution in [2.75, 3.05) is 29.9 Å². The van der Waals surface area contributed by atoms with Gasteiger partial charge in [-0.15, -0.1) is 0 Å². The number of nitrogens with one attached hydrogen (secondary N) is 1. The maximum Gasteiger partial charge on any atom is 0.332 e. The van der Waals surface area contributed by atoms with Crippen LogP contribution in [0.3, 0.4) is 0 Å². The van der Waals surface area contributed by atoms with E-state index in [4.69, 9.17) is 0 Å². The summed E-state index contributed by atoms with van der Waals surface area (Å²) in [6, 6.07) is 13.1. The normalized spacial score (nSPS) is 20.2. The van der Waals surface area contributed by atoms with Crippen LogP contribution in [0.1, 0.15) is 24.8 Å². The minimum Gasteiger partial charge on any atom is -0.326 e. The van der Waals surface area contributed by atoms with E-state index in [1.165, 1.54) is 15.3 Å². The number of anilines is 2. The monoisotopic (exact) mass is 468 g/mol. The largest absolute Gasteiger partial charge is 0.332 e. The van der Waals surface area contributed by atoms with Gasteiger partial charge in [-0.25, -0.2) is 18.1 Å². The van der Waals surface area contributed by atoms with Crippen LogP contribution in [0.5, 0.6) is 0 Å². The summed E-state index contributed by atoms with van der Waals surface area (Å²) >= 11 is 0. The highest BCUT2D eigenvalue weighted by Crippen LogP contribution is 2.30. The lowest BCUT2D eigenvalue weighted by atomic mass is 10.0. The highest BCUT2D eigenvalue weighted by Gasteiger charge is 2.42. The molecule has 5 rings (SSSR count). The molecule has 2 fully saturated rings. The van der Waals surface area contributed by atoms with Crippen LogP contribution in [0.15, 0.2) is 53.4 Å². The van der Waals surface area contributed by atoms with Crippen LogP contribution < -0.4 is 10.2 Å². The van der Waals surface area contributed by atoms with Gasteiger partial charge in [-0.3, -0.25) is 9.59 Å². The molecule has 2 aromatic rings. The third-order valence-corrected chi connectivity index (χ3v) is 8.38. The number of benzene rings is 2. The first kappa shape index (κ1) is 21.6. The van der Waals surface area contributed by atoms with E-state index in [0.717, 1.165) is 5.56 Å². The van der Waals surface area contributed by atoms with E-state index in [1.54, 1.807) is 41.3 Å². The Balaban J connectivity index is 1.27. The Labute approximate surface area is 192 Å². The summed E-state index contributed by atoms with van der Waals surface area (Å²) in [5.74, 6) is -0.344. The Hall–Kier alpha value is -3.24. The number of para-hydroxylation sites is 1. The van der Waals surface area contributed by atoms with Gasteiger partial charge in [0.1, 0.15) is 6.54 Å². The van der Waals surface area contributed by atoms with Gasteiger partial charge in [0, 0.05) is 31.2 Å². The molecule has 3 heterocycles. The van der Waals surface area contributed by atoms with Crippen molar-refractivity contribution in [3.8, 4) is 0 Å². The first-order chi connectivity index (χ1) is 15.8. The van der Waals surface area contributed by atoms with Gasteiger partial charge >= 0.3 is 6.03 Å². The first-order valence-electron chi connectivity index (χ1n) is 11.0. The van der Waals surface area contributed by atoms with Crippen molar-refractivity contribution in [3.63, 3.8) is 0 Å². The van der Waals surface area contributed by atoms with Gasteiger partial charge in [-0.1, -0.05) is 18.2 Å². The predicted molar refractivity (Wildman–Crippen MR) is 121 cm³/mol. The molecular formula is C23H24N4O5S. The topological polar surface area (TPSA) is 107 Å². The summed E-state index contributed by atoms with van der Waals surface area (Å²) in [4.78, 5) is 40.0. The second-order valence-electron chi connectivity index (χ2n) is 8.48. The smallest absolute Gasteiger partial charge is 0.326 e.